The predicted molar refractivity (Wildman–Crippen MR) is 88.4 cm³/mol. The summed E-state index contributed by atoms with van der Waals surface area (Å²) < 4.78 is 5.25. The van der Waals surface area contributed by atoms with Gasteiger partial charge in [-0.2, -0.15) is 4.89 Å². The predicted octanol–water partition coefficient (Wildman–Crippen LogP) is 4.42. The van der Waals surface area contributed by atoms with Gasteiger partial charge in [-0.05, 0) is 31.0 Å². The van der Waals surface area contributed by atoms with Crippen LogP contribution in [0.15, 0.2) is 54.6 Å². The van der Waals surface area contributed by atoms with E-state index in [2.05, 4.69) is 0 Å². The van der Waals surface area contributed by atoms with Gasteiger partial charge in [-0.3, -0.25) is 4.89 Å². The van der Waals surface area contributed by atoms with Crippen molar-refractivity contribution in [3.63, 3.8) is 0 Å². The number of carbonyl (C=O) groups excluding carboxylic acids is 1. The molecule has 0 aliphatic carbocycles. The fourth-order valence-electron chi connectivity index (χ4n) is 1.97. The molecule has 0 N–H and O–H groups in total. The summed E-state index contributed by atoms with van der Waals surface area (Å²) in [6.45, 7) is 5.26. The smallest absolute Gasteiger partial charge is 0.373 e. The standard InChI is InChI=1S/C19H21O4/c1-19(2,21-3)13-14-22-23-18(20)17-12-8-7-11-16(17)15-9-5-4-6-10-15/h4-12,14H,13H2,1-3H3. The third-order valence-electron chi connectivity index (χ3n) is 3.55. The lowest BCUT2D eigenvalue weighted by molar-refractivity contribution is -0.218. The Balaban J connectivity index is 2.01. The van der Waals surface area contributed by atoms with Gasteiger partial charge in [0.05, 0.1) is 11.2 Å². The molecular weight excluding hydrogens is 292 g/mol. The van der Waals surface area contributed by atoms with Crippen LogP contribution in [0.2, 0.25) is 0 Å². The molecule has 0 unspecified atom stereocenters. The van der Waals surface area contributed by atoms with Crippen LogP contribution in [-0.4, -0.2) is 18.7 Å². The van der Waals surface area contributed by atoms with Crippen LogP contribution in [0.3, 0.4) is 0 Å². The molecule has 4 heteroatoms. The molecule has 2 rings (SSSR count). The van der Waals surface area contributed by atoms with E-state index >= 15 is 0 Å². The van der Waals surface area contributed by atoms with Crippen molar-refractivity contribution in [2.45, 2.75) is 25.9 Å². The number of rotatable bonds is 7. The van der Waals surface area contributed by atoms with Gasteiger partial charge in [0, 0.05) is 13.5 Å². The Morgan fingerprint density at radius 2 is 1.70 bits per heavy atom. The maximum atomic E-state index is 12.2. The molecule has 0 fully saturated rings. The third-order valence-corrected chi connectivity index (χ3v) is 3.55. The molecule has 0 heterocycles. The number of methoxy groups -OCH3 is 1. The SMILES string of the molecule is COC(C)(C)C[CH]OOC(=O)c1ccccc1-c1ccccc1. The summed E-state index contributed by atoms with van der Waals surface area (Å²) in [5, 5.41) is 0. The first-order chi connectivity index (χ1) is 11.0. The molecule has 0 saturated heterocycles. The van der Waals surface area contributed by atoms with Crippen LogP contribution >= 0.6 is 0 Å². The minimum atomic E-state index is -0.532. The molecule has 4 nitrogen and oxygen atoms in total. The van der Waals surface area contributed by atoms with Gasteiger partial charge in [0.25, 0.3) is 0 Å². The molecule has 0 bridgehead atoms. The third kappa shape index (κ3) is 4.91. The molecule has 2 aromatic carbocycles. The monoisotopic (exact) mass is 313 g/mol. The lowest BCUT2D eigenvalue weighted by Gasteiger charge is -2.21. The van der Waals surface area contributed by atoms with Gasteiger partial charge in [0.2, 0.25) is 0 Å². The van der Waals surface area contributed by atoms with Crippen LogP contribution < -0.4 is 0 Å². The molecular formula is C19H21O4. The van der Waals surface area contributed by atoms with Crippen molar-refractivity contribution in [1.29, 1.82) is 0 Å². The minimum Gasteiger partial charge on any atom is -0.379 e. The van der Waals surface area contributed by atoms with E-state index in [1.165, 1.54) is 6.61 Å². The summed E-state index contributed by atoms with van der Waals surface area (Å²) in [6.07, 6.45) is 0.497. The van der Waals surface area contributed by atoms with Crippen molar-refractivity contribution in [1.82, 2.24) is 0 Å². The quantitative estimate of drug-likeness (QED) is 0.431. The van der Waals surface area contributed by atoms with Gasteiger partial charge < -0.3 is 4.74 Å². The first-order valence-corrected chi connectivity index (χ1v) is 7.42. The van der Waals surface area contributed by atoms with Crippen molar-refractivity contribution in [2.24, 2.45) is 0 Å². The largest absolute Gasteiger partial charge is 0.379 e. The molecule has 0 spiro atoms. The summed E-state index contributed by atoms with van der Waals surface area (Å²) in [7, 11) is 1.62. The Hall–Kier alpha value is -2.17. The van der Waals surface area contributed by atoms with E-state index in [0.717, 1.165) is 11.1 Å². The van der Waals surface area contributed by atoms with Crippen LogP contribution in [-0.2, 0) is 14.5 Å². The Bertz CT molecular complexity index is 635. The highest BCUT2D eigenvalue weighted by molar-refractivity contribution is 5.96. The average Bonchev–Trinajstić information content (AvgIpc) is 2.59. The first kappa shape index (κ1) is 17.2. The molecule has 23 heavy (non-hydrogen) atoms. The number of hydrogen-bond donors (Lipinski definition) is 0. The minimum absolute atomic E-state index is 0.367. The van der Waals surface area contributed by atoms with Crippen molar-refractivity contribution in [2.75, 3.05) is 7.11 Å². The van der Waals surface area contributed by atoms with Crippen LogP contribution in [0.25, 0.3) is 11.1 Å². The van der Waals surface area contributed by atoms with E-state index in [0.29, 0.717) is 12.0 Å². The summed E-state index contributed by atoms with van der Waals surface area (Å²) in [4.78, 5) is 22.0. The second kappa shape index (κ2) is 7.90. The Kier molecular flexibility index (Phi) is 5.90. The van der Waals surface area contributed by atoms with E-state index in [-0.39, 0.29) is 5.60 Å². The zero-order valence-electron chi connectivity index (χ0n) is 13.6. The maximum Gasteiger partial charge on any atom is 0.373 e. The fraction of sp³-hybridized carbons (Fsp3) is 0.263. The normalized spacial score (nSPS) is 11.3. The lowest BCUT2D eigenvalue weighted by atomic mass is 10.00. The van der Waals surface area contributed by atoms with Gasteiger partial charge in [0.15, 0.2) is 0 Å². The van der Waals surface area contributed by atoms with E-state index < -0.39 is 5.97 Å². The molecule has 1 radical (unpaired) electrons. The zero-order chi connectivity index (χ0) is 16.7. The van der Waals surface area contributed by atoms with Crippen molar-refractivity contribution >= 4 is 5.97 Å². The summed E-state index contributed by atoms with van der Waals surface area (Å²) in [5.41, 5.74) is 1.84. The summed E-state index contributed by atoms with van der Waals surface area (Å²) in [6, 6.07) is 16.9. The number of carbonyl (C=O) groups is 1. The number of ether oxygens (including phenoxy) is 1. The molecule has 0 aliphatic rings. The maximum absolute atomic E-state index is 12.2. The van der Waals surface area contributed by atoms with Crippen LogP contribution in [0.5, 0.6) is 0 Å². The Morgan fingerprint density at radius 3 is 2.39 bits per heavy atom. The fourth-order valence-corrected chi connectivity index (χ4v) is 1.97. The molecule has 0 saturated carbocycles. The molecule has 0 aliphatic heterocycles. The van der Waals surface area contributed by atoms with Crippen LogP contribution in [0.1, 0.15) is 30.6 Å². The Morgan fingerprint density at radius 1 is 1.04 bits per heavy atom. The second-order valence-corrected chi connectivity index (χ2v) is 5.71. The highest BCUT2D eigenvalue weighted by Crippen LogP contribution is 2.24. The van der Waals surface area contributed by atoms with Gasteiger partial charge in [-0.1, -0.05) is 48.5 Å². The molecule has 0 aromatic heterocycles. The lowest BCUT2D eigenvalue weighted by Crippen LogP contribution is -2.22. The number of benzene rings is 2. The van der Waals surface area contributed by atoms with Crippen LogP contribution in [0, 0.1) is 6.61 Å². The van der Waals surface area contributed by atoms with Gasteiger partial charge in [0.1, 0.15) is 6.61 Å². The highest BCUT2D eigenvalue weighted by Gasteiger charge is 2.18. The summed E-state index contributed by atoms with van der Waals surface area (Å²) >= 11 is 0. The molecule has 2 aromatic rings. The van der Waals surface area contributed by atoms with Crippen molar-refractivity contribution in [3.05, 3.63) is 66.8 Å². The topological polar surface area (TPSA) is 44.8 Å². The molecule has 121 valence electrons. The van der Waals surface area contributed by atoms with E-state index in [1.54, 1.807) is 19.2 Å². The first-order valence-electron chi connectivity index (χ1n) is 7.42. The molecule has 0 amide bonds. The highest BCUT2D eigenvalue weighted by atomic mass is 17.2. The Labute approximate surface area is 136 Å². The summed E-state index contributed by atoms with van der Waals surface area (Å²) in [5.74, 6) is -0.532. The van der Waals surface area contributed by atoms with Crippen LogP contribution in [0.4, 0.5) is 0 Å². The van der Waals surface area contributed by atoms with Gasteiger partial charge >= 0.3 is 5.97 Å². The van der Waals surface area contributed by atoms with E-state index in [1.807, 2.05) is 56.3 Å². The molecule has 0 atom stereocenters. The van der Waals surface area contributed by atoms with E-state index in [9.17, 15) is 4.79 Å². The number of hydrogen-bond acceptors (Lipinski definition) is 4. The van der Waals surface area contributed by atoms with Crippen molar-refractivity contribution in [3.8, 4) is 11.1 Å². The van der Waals surface area contributed by atoms with Gasteiger partial charge in [-0.15, -0.1) is 0 Å². The zero-order valence-corrected chi connectivity index (χ0v) is 13.6. The second-order valence-electron chi connectivity index (χ2n) is 5.71. The van der Waals surface area contributed by atoms with Crippen molar-refractivity contribution < 1.29 is 19.3 Å². The van der Waals surface area contributed by atoms with Gasteiger partial charge in [-0.25, -0.2) is 4.79 Å². The van der Waals surface area contributed by atoms with E-state index in [4.69, 9.17) is 14.5 Å². The average molecular weight is 313 g/mol.